The number of carbonyl (C=O) groups excluding carboxylic acids is 2. The van der Waals surface area contributed by atoms with Crippen LogP contribution in [0.3, 0.4) is 0 Å². The maximum Gasteiger partial charge on any atom is 0.251 e. The van der Waals surface area contributed by atoms with Crippen molar-refractivity contribution in [3.8, 4) is 17.2 Å². The number of carbonyl (C=O) groups is 2. The summed E-state index contributed by atoms with van der Waals surface area (Å²) in [7, 11) is 4.60. The summed E-state index contributed by atoms with van der Waals surface area (Å²) in [5, 5.41) is 5.70. The van der Waals surface area contributed by atoms with Crippen LogP contribution in [0.25, 0.3) is 6.08 Å². The molecule has 2 amide bonds. The summed E-state index contributed by atoms with van der Waals surface area (Å²) in [5.41, 5.74) is 1.85. The molecule has 2 rings (SSSR count). The summed E-state index contributed by atoms with van der Waals surface area (Å²) in [6.07, 6.45) is 3.06. The maximum atomic E-state index is 12.3. The number of amides is 2. The first-order valence-corrected chi connectivity index (χ1v) is 10.8. The molecule has 0 aliphatic heterocycles. The number of rotatable bonds is 12. The van der Waals surface area contributed by atoms with E-state index in [1.807, 2.05) is 0 Å². The molecule has 9 heteroatoms. The van der Waals surface area contributed by atoms with Crippen LogP contribution in [0.1, 0.15) is 29.8 Å². The van der Waals surface area contributed by atoms with Gasteiger partial charge in [-0.3, -0.25) is 9.59 Å². The van der Waals surface area contributed by atoms with Crippen LogP contribution in [0.4, 0.5) is 5.69 Å². The summed E-state index contributed by atoms with van der Waals surface area (Å²) in [5.74, 6) is 1.05. The molecule has 2 N–H and O–H groups in total. The Hall–Kier alpha value is -3.23. The number of halogens is 1. The zero-order chi connectivity index (χ0) is 24.2. The molecule has 0 aliphatic carbocycles. The summed E-state index contributed by atoms with van der Waals surface area (Å²) < 4.78 is 16.0. The van der Waals surface area contributed by atoms with Gasteiger partial charge in [-0.05, 0) is 61.1 Å². The first-order valence-electron chi connectivity index (χ1n) is 10.8. The predicted molar refractivity (Wildman–Crippen MR) is 130 cm³/mol. The van der Waals surface area contributed by atoms with Crippen molar-refractivity contribution in [2.45, 2.75) is 13.8 Å². The number of nitrogens with zero attached hydrogens (tertiary/aromatic N) is 1. The topological polar surface area (TPSA) is 89.1 Å². The van der Waals surface area contributed by atoms with Crippen LogP contribution >= 0.6 is 0 Å². The zero-order valence-electron chi connectivity index (χ0n) is 20.3. The molecule has 0 atom stereocenters. The van der Waals surface area contributed by atoms with Gasteiger partial charge in [0.15, 0.2) is 11.5 Å². The molecule has 186 valence electrons. The number of ether oxygens (including phenoxy) is 3. The normalized spacial score (nSPS) is 10.5. The highest BCUT2D eigenvalue weighted by molar-refractivity contribution is 6.02. The van der Waals surface area contributed by atoms with Gasteiger partial charge >= 0.3 is 0 Å². The van der Waals surface area contributed by atoms with Crippen molar-refractivity contribution < 1.29 is 36.2 Å². The lowest BCUT2D eigenvalue weighted by Gasteiger charge is -2.17. The third kappa shape index (κ3) is 8.28. The fourth-order valence-corrected chi connectivity index (χ4v) is 3.23. The average Bonchev–Trinajstić information content (AvgIpc) is 2.84. The summed E-state index contributed by atoms with van der Waals surface area (Å²) >= 11 is 0. The third-order valence-corrected chi connectivity index (χ3v) is 5.14. The lowest BCUT2D eigenvalue weighted by Crippen LogP contribution is -3.00. The molecule has 34 heavy (non-hydrogen) atoms. The largest absolute Gasteiger partial charge is 1.00 e. The highest BCUT2D eigenvalue weighted by Gasteiger charge is 2.12. The van der Waals surface area contributed by atoms with Crippen molar-refractivity contribution >= 4 is 23.6 Å². The Morgan fingerprint density at radius 3 is 2.03 bits per heavy atom. The molecule has 0 aliphatic rings. The highest BCUT2D eigenvalue weighted by atomic mass is 35.5. The van der Waals surface area contributed by atoms with E-state index in [4.69, 9.17) is 14.2 Å². The van der Waals surface area contributed by atoms with Crippen LogP contribution in [0.2, 0.25) is 0 Å². The second-order valence-corrected chi connectivity index (χ2v) is 7.14. The van der Waals surface area contributed by atoms with E-state index in [1.54, 1.807) is 42.5 Å². The molecule has 0 unspecified atom stereocenters. The minimum atomic E-state index is -0.305. The van der Waals surface area contributed by atoms with Gasteiger partial charge in [0.25, 0.3) is 5.91 Å². The second kappa shape index (κ2) is 14.8. The van der Waals surface area contributed by atoms with E-state index in [0.29, 0.717) is 35.0 Å². The number of likely N-dealkylation sites (N-methyl/N-ethyl adjacent to an activating group) is 1. The molecule has 0 heterocycles. The molecule has 8 nitrogen and oxygen atoms in total. The van der Waals surface area contributed by atoms with Crippen LogP contribution in [0, 0.1) is 0 Å². The molecular formula is C25H33ClN3O5-. The molecule has 2 aromatic carbocycles. The highest BCUT2D eigenvalue weighted by Crippen LogP contribution is 2.38. The molecular weight excluding hydrogens is 458 g/mol. The Bertz CT molecular complexity index is 935. The fraction of sp³-hybridized carbons (Fsp3) is 0.360. The Labute approximate surface area is 207 Å². The minimum Gasteiger partial charge on any atom is -1.00 e. The first-order chi connectivity index (χ1) is 15.9. The molecule has 2 aromatic rings. The summed E-state index contributed by atoms with van der Waals surface area (Å²) in [6, 6.07) is 10.3. The van der Waals surface area contributed by atoms with Crippen LogP contribution < -0.4 is 37.3 Å². The zero-order valence-corrected chi connectivity index (χ0v) is 21.1. The molecule has 0 spiro atoms. The van der Waals surface area contributed by atoms with E-state index < -0.39 is 0 Å². The van der Waals surface area contributed by atoms with Gasteiger partial charge in [-0.25, -0.2) is 0 Å². The third-order valence-electron chi connectivity index (χ3n) is 5.14. The minimum absolute atomic E-state index is 0. The van der Waals surface area contributed by atoms with Gasteiger partial charge in [0.2, 0.25) is 11.7 Å². The number of hydrogen-bond acceptors (Lipinski definition) is 6. The van der Waals surface area contributed by atoms with E-state index in [-0.39, 0.29) is 24.2 Å². The lowest BCUT2D eigenvalue weighted by atomic mass is 10.1. The number of nitrogens with one attached hydrogen (secondary N) is 2. The van der Waals surface area contributed by atoms with Crippen molar-refractivity contribution in [3.05, 3.63) is 53.6 Å². The molecule has 0 radical (unpaired) electrons. The van der Waals surface area contributed by atoms with Crippen LogP contribution in [0.5, 0.6) is 17.2 Å². The Morgan fingerprint density at radius 1 is 0.941 bits per heavy atom. The maximum absolute atomic E-state index is 12.3. The van der Waals surface area contributed by atoms with Crippen molar-refractivity contribution in [1.82, 2.24) is 10.2 Å². The predicted octanol–water partition coefficient (Wildman–Crippen LogP) is 0.440. The molecule has 0 saturated heterocycles. The Kier molecular flexibility index (Phi) is 12.6. The van der Waals surface area contributed by atoms with E-state index >= 15 is 0 Å². The van der Waals surface area contributed by atoms with Crippen LogP contribution in [-0.2, 0) is 4.79 Å². The standard InChI is InChI=1S/C25H33N3O5.ClH/c1-6-28(7-2)15-14-26-25(30)19-9-11-20(12-10-19)27-23(29)13-8-18-16-21(31-3)24(33-5)22(17-18)32-4;/h8-13,16-17H,6-7,14-15H2,1-5H3,(H,26,30)(H,27,29);1H/p-1/b13-8+;. The van der Waals surface area contributed by atoms with Crippen molar-refractivity contribution in [2.75, 3.05) is 52.8 Å². The van der Waals surface area contributed by atoms with Crippen LogP contribution in [0.15, 0.2) is 42.5 Å². The monoisotopic (exact) mass is 490 g/mol. The van der Waals surface area contributed by atoms with Gasteiger partial charge in [-0.15, -0.1) is 0 Å². The Balaban J connectivity index is 0.00000578. The van der Waals surface area contributed by atoms with Crippen molar-refractivity contribution in [3.63, 3.8) is 0 Å². The SMILES string of the molecule is CCN(CC)CCNC(=O)c1ccc(NC(=O)/C=C/c2cc(OC)c(OC)c(OC)c2)cc1.[Cl-]. The van der Waals surface area contributed by atoms with E-state index in [0.717, 1.165) is 25.2 Å². The van der Waals surface area contributed by atoms with Gasteiger partial charge in [-0.1, -0.05) is 13.8 Å². The van der Waals surface area contributed by atoms with E-state index in [2.05, 4.69) is 29.4 Å². The smallest absolute Gasteiger partial charge is 0.251 e. The first kappa shape index (κ1) is 28.8. The van der Waals surface area contributed by atoms with Gasteiger partial charge in [0.1, 0.15) is 0 Å². The number of hydrogen-bond donors (Lipinski definition) is 2. The Morgan fingerprint density at radius 2 is 1.53 bits per heavy atom. The molecule has 0 saturated carbocycles. The quantitative estimate of drug-likeness (QED) is 0.420. The van der Waals surface area contributed by atoms with Crippen LogP contribution in [-0.4, -0.2) is 64.2 Å². The van der Waals surface area contributed by atoms with Gasteiger partial charge in [0.05, 0.1) is 21.3 Å². The number of anilines is 1. The van der Waals surface area contributed by atoms with Gasteiger partial charge in [0, 0.05) is 30.4 Å². The molecule has 0 aromatic heterocycles. The fourth-order valence-electron chi connectivity index (χ4n) is 3.23. The van der Waals surface area contributed by atoms with E-state index in [9.17, 15) is 9.59 Å². The average molecular weight is 491 g/mol. The molecule has 0 bridgehead atoms. The second-order valence-electron chi connectivity index (χ2n) is 7.14. The molecule has 0 fully saturated rings. The van der Waals surface area contributed by atoms with E-state index in [1.165, 1.54) is 27.4 Å². The number of benzene rings is 2. The van der Waals surface area contributed by atoms with Gasteiger partial charge < -0.3 is 42.2 Å². The van der Waals surface area contributed by atoms with Crippen molar-refractivity contribution in [1.29, 1.82) is 0 Å². The number of methoxy groups -OCH3 is 3. The van der Waals surface area contributed by atoms with Crippen molar-refractivity contribution in [2.24, 2.45) is 0 Å². The summed E-state index contributed by atoms with van der Waals surface area (Å²) in [4.78, 5) is 26.9. The van der Waals surface area contributed by atoms with Gasteiger partial charge in [-0.2, -0.15) is 0 Å². The lowest BCUT2D eigenvalue weighted by molar-refractivity contribution is -0.111. The summed E-state index contributed by atoms with van der Waals surface area (Å²) in [6.45, 7) is 7.50.